The van der Waals surface area contributed by atoms with Gasteiger partial charge < -0.3 is 11.1 Å². The second-order valence-corrected chi connectivity index (χ2v) is 5.67. The maximum atomic E-state index is 12.0. The minimum atomic E-state index is -0.440. The first-order chi connectivity index (χ1) is 9.02. The van der Waals surface area contributed by atoms with Crippen molar-refractivity contribution in [2.45, 2.75) is 19.4 Å². The van der Waals surface area contributed by atoms with Crippen LogP contribution in [-0.2, 0) is 0 Å². The summed E-state index contributed by atoms with van der Waals surface area (Å²) in [7, 11) is 0. The summed E-state index contributed by atoms with van der Waals surface area (Å²) in [4.78, 5) is 24.9. The van der Waals surface area contributed by atoms with Crippen LogP contribution in [0.2, 0.25) is 0 Å². The van der Waals surface area contributed by atoms with Gasteiger partial charge in [0, 0.05) is 24.5 Å². The number of hydrogen-bond acceptors (Lipinski definition) is 6. The number of nitrogens with one attached hydrogen (secondary N) is 1. The van der Waals surface area contributed by atoms with Crippen molar-refractivity contribution < 1.29 is 4.79 Å². The van der Waals surface area contributed by atoms with E-state index in [-0.39, 0.29) is 30.7 Å². The fourth-order valence-electron chi connectivity index (χ4n) is 1.31. The Hall–Kier alpha value is -1.28. The Labute approximate surface area is 139 Å². The van der Waals surface area contributed by atoms with Gasteiger partial charge in [-0.25, -0.2) is 15.0 Å². The summed E-state index contributed by atoms with van der Waals surface area (Å²) in [6.45, 7) is 4.10. The monoisotopic (exact) mass is 349 g/mol. The van der Waals surface area contributed by atoms with Gasteiger partial charge in [-0.05, 0) is 19.9 Å². The summed E-state index contributed by atoms with van der Waals surface area (Å²) >= 11 is 1.26. The number of nitrogens with two attached hydrogens (primary N) is 1. The van der Waals surface area contributed by atoms with Crippen molar-refractivity contribution in [3.05, 3.63) is 29.5 Å². The Balaban J connectivity index is 0.00000200. The molecule has 2 aromatic heterocycles. The molecule has 116 valence electrons. The molecule has 2 aromatic rings. The van der Waals surface area contributed by atoms with Crippen molar-refractivity contribution in [3.63, 3.8) is 0 Å². The summed E-state index contributed by atoms with van der Waals surface area (Å²) in [5, 5.41) is 3.47. The number of carbonyl (C=O) groups is 1. The van der Waals surface area contributed by atoms with E-state index in [4.69, 9.17) is 5.73 Å². The molecule has 0 bridgehead atoms. The predicted molar refractivity (Wildman–Crippen MR) is 88.2 cm³/mol. The Morgan fingerprint density at radius 2 is 1.90 bits per heavy atom. The third-order valence-corrected chi connectivity index (χ3v) is 3.44. The van der Waals surface area contributed by atoms with Crippen LogP contribution in [0.5, 0.6) is 0 Å². The molecule has 0 radical (unpaired) electrons. The quantitative estimate of drug-likeness (QED) is 0.879. The van der Waals surface area contributed by atoms with E-state index in [1.54, 1.807) is 18.5 Å². The lowest BCUT2D eigenvalue weighted by Gasteiger charge is -2.23. The van der Waals surface area contributed by atoms with Crippen LogP contribution < -0.4 is 11.1 Å². The highest BCUT2D eigenvalue weighted by Crippen LogP contribution is 2.21. The van der Waals surface area contributed by atoms with Gasteiger partial charge in [-0.15, -0.1) is 36.2 Å². The first-order valence-electron chi connectivity index (χ1n) is 5.77. The van der Waals surface area contributed by atoms with E-state index in [1.807, 2.05) is 13.8 Å². The van der Waals surface area contributed by atoms with Crippen LogP contribution in [0.4, 0.5) is 0 Å². The Morgan fingerprint density at radius 1 is 1.29 bits per heavy atom. The number of rotatable bonds is 4. The summed E-state index contributed by atoms with van der Waals surface area (Å²) < 4.78 is 0. The van der Waals surface area contributed by atoms with Gasteiger partial charge in [0.15, 0.2) is 10.8 Å². The Kier molecular flexibility index (Phi) is 7.73. The van der Waals surface area contributed by atoms with Crippen molar-refractivity contribution >= 4 is 42.1 Å². The molecule has 0 aromatic carbocycles. The summed E-state index contributed by atoms with van der Waals surface area (Å²) in [6.07, 6.45) is 4.81. The molecule has 0 aliphatic rings. The molecule has 3 N–H and O–H groups in total. The van der Waals surface area contributed by atoms with Gasteiger partial charge in [0.1, 0.15) is 4.88 Å². The van der Waals surface area contributed by atoms with Gasteiger partial charge in [0.05, 0.1) is 6.20 Å². The van der Waals surface area contributed by atoms with Crippen LogP contribution in [0, 0.1) is 0 Å². The van der Waals surface area contributed by atoms with Crippen LogP contribution >= 0.6 is 36.2 Å². The average Bonchev–Trinajstić information content (AvgIpc) is 2.89. The van der Waals surface area contributed by atoms with E-state index in [2.05, 4.69) is 20.3 Å². The molecule has 2 heterocycles. The minimum Gasteiger partial charge on any atom is -0.345 e. The highest BCUT2D eigenvalue weighted by Gasteiger charge is 2.21. The standard InChI is InChI=1S/C12H15N5OS.2ClH/c1-12(2,7-13)17-10(18)8-6-16-11(19-8)9-14-4-3-5-15-9;;/h3-6H,7,13H2,1-2H3,(H,17,18);2*1H. The molecule has 0 saturated heterocycles. The molecule has 0 fully saturated rings. The van der Waals surface area contributed by atoms with Crippen molar-refractivity contribution in [1.82, 2.24) is 20.3 Å². The molecule has 0 atom stereocenters. The molecule has 21 heavy (non-hydrogen) atoms. The summed E-state index contributed by atoms with van der Waals surface area (Å²) in [5.74, 6) is 0.333. The second kappa shape index (κ2) is 8.23. The van der Waals surface area contributed by atoms with Crippen molar-refractivity contribution in [2.75, 3.05) is 6.54 Å². The topological polar surface area (TPSA) is 93.8 Å². The number of nitrogens with zero attached hydrogens (tertiary/aromatic N) is 3. The zero-order chi connectivity index (χ0) is 13.9. The fraction of sp³-hybridized carbons (Fsp3) is 0.333. The number of amides is 1. The molecule has 0 aliphatic heterocycles. The average molecular weight is 350 g/mol. The summed E-state index contributed by atoms with van der Waals surface area (Å²) in [5.41, 5.74) is 5.14. The van der Waals surface area contributed by atoms with Gasteiger partial charge in [-0.1, -0.05) is 0 Å². The predicted octanol–water partition coefficient (Wildman–Crippen LogP) is 1.91. The molecule has 0 aliphatic carbocycles. The molecule has 1 amide bonds. The van der Waals surface area contributed by atoms with Crippen LogP contribution in [0.1, 0.15) is 23.5 Å². The lowest BCUT2D eigenvalue weighted by molar-refractivity contribution is 0.0919. The van der Waals surface area contributed by atoms with E-state index < -0.39 is 5.54 Å². The van der Waals surface area contributed by atoms with Gasteiger partial charge in [0.25, 0.3) is 5.91 Å². The number of aromatic nitrogens is 3. The molecule has 0 unspecified atom stereocenters. The van der Waals surface area contributed by atoms with E-state index in [1.165, 1.54) is 17.5 Å². The zero-order valence-electron chi connectivity index (χ0n) is 11.6. The van der Waals surface area contributed by atoms with Crippen molar-refractivity contribution in [2.24, 2.45) is 5.73 Å². The maximum absolute atomic E-state index is 12.0. The van der Waals surface area contributed by atoms with Gasteiger partial charge >= 0.3 is 0 Å². The normalized spacial score (nSPS) is 10.2. The molecule has 0 saturated carbocycles. The van der Waals surface area contributed by atoms with Crippen LogP contribution in [-0.4, -0.2) is 32.9 Å². The number of hydrogen-bond donors (Lipinski definition) is 2. The lowest BCUT2D eigenvalue weighted by atomic mass is 10.1. The van der Waals surface area contributed by atoms with Gasteiger partial charge in [0.2, 0.25) is 0 Å². The van der Waals surface area contributed by atoms with Crippen LogP contribution in [0.3, 0.4) is 0 Å². The molecular weight excluding hydrogens is 333 g/mol. The fourth-order valence-corrected chi connectivity index (χ4v) is 2.07. The second-order valence-electron chi connectivity index (χ2n) is 4.64. The minimum absolute atomic E-state index is 0. The first-order valence-corrected chi connectivity index (χ1v) is 6.59. The highest BCUT2D eigenvalue weighted by atomic mass is 35.5. The van der Waals surface area contributed by atoms with E-state index in [0.717, 1.165) is 0 Å². The highest BCUT2D eigenvalue weighted by molar-refractivity contribution is 7.16. The van der Waals surface area contributed by atoms with Gasteiger partial charge in [-0.2, -0.15) is 0 Å². The van der Waals surface area contributed by atoms with E-state index in [0.29, 0.717) is 22.3 Å². The SMILES string of the molecule is CC(C)(CN)NC(=O)c1cnc(-c2ncccn2)s1.Cl.Cl. The first kappa shape index (κ1) is 19.7. The van der Waals surface area contributed by atoms with Crippen LogP contribution in [0.15, 0.2) is 24.7 Å². The third kappa shape index (κ3) is 5.20. The molecule has 9 heteroatoms. The number of halogens is 2. The molecule has 6 nitrogen and oxygen atoms in total. The van der Waals surface area contributed by atoms with Gasteiger partial charge in [-0.3, -0.25) is 4.79 Å². The Bertz CT molecular complexity index is 576. The van der Waals surface area contributed by atoms with Crippen molar-refractivity contribution in [3.8, 4) is 10.8 Å². The van der Waals surface area contributed by atoms with E-state index in [9.17, 15) is 4.79 Å². The van der Waals surface area contributed by atoms with Crippen molar-refractivity contribution in [1.29, 1.82) is 0 Å². The molecule has 2 rings (SSSR count). The third-order valence-electron chi connectivity index (χ3n) is 2.45. The molecule has 0 spiro atoms. The maximum Gasteiger partial charge on any atom is 0.263 e. The van der Waals surface area contributed by atoms with E-state index >= 15 is 0 Å². The number of thiazole rings is 1. The Morgan fingerprint density at radius 3 is 2.48 bits per heavy atom. The van der Waals surface area contributed by atoms with Crippen LogP contribution in [0.25, 0.3) is 10.8 Å². The lowest BCUT2D eigenvalue weighted by Crippen LogP contribution is -2.48. The largest absolute Gasteiger partial charge is 0.345 e. The zero-order valence-corrected chi connectivity index (χ0v) is 14.0. The molecular formula is C12H17Cl2N5OS. The smallest absolute Gasteiger partial charge is 0.263 e. The number of carbonyl (C=O) groups excluding carboxylic acids is 1. The summed E-state index contributed by atoms with van der Waals surface area (Å²) in [6, 6.07) is 1.73.